The van der Waals surface area contributed by atoms with Gasteiger partial charge in [-0.2, -0.15) is 11.8 Å². The van der Waals surface area contributed by atoms with Crippen molar-refractivity contribution in [2.24, 2.45) is 0 Å². The molecule has 0 saturated carbocycles. The first-order valence-corrected chi connectivity index (χ1v) is 8.70. The van der Waals surface area contributed by atoms with Crippen molar-refractivity contribution in [2.75, 3.05) is 12.4 Å². The van der Waals surface area contributed by atoms with E-state index in [-0.39, 0.29) is 12.4 Å². The van der Waals surface area contributed by atoms with Gasteiger partial charge < -0.3 is 4.74 Å². The summed E-state index contributed by atoms with van der Waals surface area (Å²) in [5.74, 6) is 0.844. The zero-order chi connectivity index (χ0) is 15.2. The summed E-state index contributed by atoms with van der Waals surface area (Å²) in [6, 6.07) is 0. The lowest BCUT2D eigenvalue weighted by molar-refractivity contribution is -0.143. The lowest BCUT2D eigenvalue weighted by Crippen LogP contribution is -2.15. The van der Waals surface area contributed by atoms with Gasteiger partial charge in [0.1, 0.15) is 6.61 Å². The standard InChI is InChI=1S/C15H28F2O2S/c1-3-5-10-15(18)19-12-13(4-2)20-11-8-6-7-9-14(16)17/h13-14H,3-12H2,1-2H3. The Labute approximate surface area is 126 Å². The molecule has 0 spiro atoms. The van der Waals surface area contributed by atoms with Gasteiger partial charge in [-0.05, 0) is 31.4 Å². The smallest absolute Gasteiger partial charge is 0.305 e. The van der Waals surface area contributed by atoms with Gasteiger partial charge in [0.2, 0.25) is 6.43 Å². The molecule has 0 heterocycles. The third-order valence-electron chi connectivity index (χ3n) is 3.04. The Bertz CT molecular complexity index is 238. The maximum Gasteiger partial charge on any atom is 0.305 e. The number of alkyl halides is 2. The summed E-state index contributed by atoms with van der Waals surface area (Å²) in [6.07, 6.45) is 3.59. The van der Waals surface area contributed by atoms with Crippen molar-refractivity contribution >= 4 is 17.7 Å². The second kappa shape index (κ2) is 13.7. The quantitative estimate of drug-likeness (QED) is 0.351. The van der Waals surface area contributed by atoms with Gasteiger partial charge in [0, 0.05) is 18.1 Å². The van der Waals surface area contributed by atoms with Crippen LogP contribution in [0, 0.1) is 0 Å². The molecule has 20 heavy (non-hydrogen) atoms. The van der Waals surface area contributed by atoms with E-state index < -0.39 is 6.43 Å². The van der Waals surface area contributed by atoms with E-state index in [0.29, 0.717) is 24.7 Å². The first-order chi connectivity index (χ1) is 9.60. The molecule has 120 valence electrons. The van der Waals surface area contributed by atoms with Gasteiger partial charge in [0.15, 0.2) is 0 Å². The fraction of sp³-hybridized carbons (Fsp3) is 0.933. The average molecular weight is 310 g/mol. The van der Waals surface area contributed by atoms with Gasteiger partial charge in [-0.25, -0.2) is 8.78 Å². The SMILES string of the molecule is CCCCC(=O)OCC(CC)SCCCCCC(F)F. The predicted octanol–water partition coefficient (Wildman–Crippen LogP) is 5.06. The van der Waals surface area contributed by atoms with Crippen molar-refractivity contribution in [3.8, 4) is 0 Å². The van der Waals surface area contributed by atoms with Crippen LogP contribution in [0.4, 0.5) is 8.78 Å². The lowest BCUT2D eigenvalue weighted by atomic mass is 10.2. The second-order valence-corrected chi connectivity index (χ2v) is 6.34. The number of ether oxygens (including phenoxy) is 1. The van der Waals surface area contributed by atoms with Crippen molar-refractivity contribution in [1.82, 2.24) is 0 Å². The number of hydrogen-bond donors (Lipinski definition) is 0. The highest BCUT2D eigenvalue weighted by atomic mass is 32.2. The Hall–Kier alpha value is -0.320. The van der Waals surface area contributed by atoms with Crippen LogP contribution in [0.15, 0.2) is 0 Å². The minimum Gasteiger partial charge on any atom is -0.464 e. The molecule has 0 N–H and O–H groups in total. The van der Waals surface area contributed by atoms with E-state index in [1.807, 2.05) is 6.92 Å². The van der Waals surface area contributed by atoms with Crippen molar-refractivity contribution < 1.29 is 18.3 Å². The molecular formula is C15H28F2O2S. The summed E-state index contributed by atoms with van der Waals surface area (Å²) < 4.78 is 29.1. The average Bonchev–Trinajstić information content (AvgIpc) is 2.43. The summed E-state index contributed by atoms with van der Waals surface area (Å²) in [6.45, 7) is 4.60. The van der Waals surface area contributed by atoms with Crippen LogP contribution in [-0.4, -0.2) is 30.0 Å². The molecule has 5 heteroatoms. The van der Waals surface area contributed by atoms with Crippen LogP contribution in [-0.2, 0) is 9.53 Å². The maximum absolute atomic E-state index is 11.9. The van der Waals surface area contributed by atoms with Gasteiger partial charge in [-0.1, -0.05) is 26.7 Å². The second-order valence-electron chi connectivity index (χ2n) is 4.93. The Morgan fingerprint density at radius 3 is 2.50 bits per heavy atom. The van der Waals surface area contributed by atoms with Crippen LogP contribution in [0.2, 0.25) is 0 Å². The third kappa shape index (κ3) is 12.7. The van der Waals surface area contributed by atoms with Crippen molar-refractivity contribution in [2.45, 2.75) is 76.9 Å². The van der Waals surface area contributed by atoms with Crippen LogP contribution < -0.4 is 0 Å². The zero-order valence-electron chi connectivity index (χ0n) is 12.7. The number of hydrogen-bond acceptors (Lipinski definition) is 3. The number of halogens is 2. The first-order valence-electron chi connectivity index (χ1n) is 7.65. The predicted molar refractivity (Wildman–Crippen MR) is 81.5 cm³/mol. The van der Waals surface area contributed by atoms with Crippen LogP contribution >= 0.6 is 11.8 Å². The first kappa shape index (κ1) is 19.7. The molecule has 0 amide bonds. The van der Waals surface area contributed by atoms with Gasteiger partial charge in [0.05, 0.1) is 0 Å². The molecule has 0 aliphatic carbocycles. The largest absolute Gasteiger partial charge is 0.464 e. The maximum atomic E-state index is 11.9. The highest BCUT2D eigenvalue weighted by molar-refractivity contribution is 7.99. The van der Waals surface area contributed by atoms with E-state index in [1.54, 1.807) is 11.8 Å². The van der Waals surface area contributed by atoms with Crippen molar-refractivity contribution in [3.63, 3.8) is 0 Å². The Morgan fingerprint density at radius 1 is 1.15 bits per heavy atom. The van der Waals surface area contributed by atoms with E-state index in [2.05, 4.69) is 6.92 Å². The van der Waals surface area contributed by atoms with E-state index >= 15 is 0 Å². The molecule has 1 unspecified atom stereocenters. The van der Waals surface area contributed by atoms with Crippen LogP contribution in [0.25, 0.3) is 0 Å². The fourth-order valence-electron chi connectivity index (χ4n) is 1.69. The van der Waals surface area contributed by atoms with Gasteiger partial charge >= 0.3 is 5.97 Å². The van der Waals surface area contributed by atoms with Gasteiger partial charge in [0.25, 0.3) is 0 Å². The summed E-state index contributed by atoms with van der Waals surface area (Å²) in [5.41, 5.74) is 0. The highest BCUT2D eigenvalue weighted by Crippen LogP contribution is 2.18. The Kier molecular flexibility index (Phi) is 13.4. The summed E-state index contributed by atoms with van der Waals surface area (Å²) in [5, 5.41) is 0.329. The number of carbonyl (C=O) groups excluding carboxylic acids is 1. The molecule has 0 rings (SSSR count). The summed E-state index contributed by atoms with van der Waals surface area (Å²) >= 11 is 1.78. The normalized spacial score (nSPS) is 12.7. The van der Waals surface area contributed by atoms with Crippen molar-refractivity contribution in [3.05, 3.63) is 0 Å². The van der Waals surface area contributed by atoms with Crippen LogP contribution in [0.5, 0.6) is 0 Å². The van der Waals surface area contributed by atoms with Crippen LogP contribution in [0.1, 0.15) is 65.2 Å². The van der Waals surface area contributed by atoms with Gasteiger partial charge in [-0.15, -0.1) is 0 Å². The molecule has 0 radical (unpaired) electrons. The van der Waals surface area contributed by atoms with E-state index in [4.69, 9.17) is 4.74 Å². The lowest BCUT2D eigenvalue weighted by Gasteiger charge is -2.14. The van der Waals surface area contributed by atoms with Gasteiger partial charge in [-0.3, -0.25) is 4.79 Å². The molecular weight excluding hydrogens is 282 g/mol. The molecule has 0 aromatic carbocycles. The van der Waals surface area contributed by atoms with E-state index in [1.165, 1.54) is 0 Å². The topological polar surface area (TPSA) is 26.3 Å². The van der Waals surface area contributed by atoms with E-state index in [9.17, 15) is 13.6 Å². The number of carbonyl (C=O) groups is 1. The fourth-order valence-corrected chi connectivity index (χ4v) is 2.79. The third-order valence-corrected chi connectivity index (χ3v) is 4.51. The number of unbranched alkanes of at least 4 members (excludes halogenated alkanes) is 3. The number of thioether (sulfide) groups is 1. The zero-order valence-corrected chi connectivity index (χ0v) is 13.5. The summed E-state index contributed by atoms with van der Waals surface area (Å²) in [4.78, 5) is 11.4. The minimum absolute atomic E-state index is 0.0108. The number of rotatable bonds is 13. The molecule has 1 atom stereocenters. The molecule has 0 aliphatic rings. The molecule has 0 bridgehead atoms. The Morgan fingerprint density at radius 2 is 1.90 bits per heavy atom. The molecule has 0 fully saturated rings. The molecule has 2 nitrogen and oxygen atoms in total. The Balaban J connectivity index is 3.54. The number of esters is 1. The summed E-state index contributed by atoms with van der Waals surface area (Å²) in [7, 11) is 0. The molecule has 0 aliphatic heterocycles. The monoisotopic (exact) mass is 310 g/mol. The molecule has 0 saturated heterocycles. The highest BCUT2D eigenvalue weighted by Gasteiger charge is 2.10. The molecule has 0 aromatic heterocycles. The van der Waals surface area contributed by atoms with Crippen molar-refractivity contribution in [1.29, 1.82) is 0 Å². The molecule has 0 aromatic rings. The minimum atomic E-state index is -2.17. The van der Waals surface area contributed by atoms with E-state index in [0.717, 1.165) is 37.9 Å². The van der Waals surface area contributed by atoms with Crippen LogP contribution in [0.3, 0.4) is 0 Å².